The van der Waals surface area contributed by atoms with Gasteiger partial charge < -0.3 is 26.0 Å². The van der Waals surface area contributed by atoms with Crippen molar-refractivity contribution in [3.05, 3.63) is 53.7 Å². The zero-order chi connectivity index (χ0) is 18.8. The van der Waals surface area contributed by atoms with Crippen LogP contribution in [0.4, 0.5) is 5.69 Å². The molecule has 0 saturated carbocycles. The summed E-state index contributed by atoms with van der Waals surface area (Å²) in [5.41, 5.74) is 2.26. The van der Waals surface area contributed by atoms with Crippen LogP contribution in [0.25, 0.3) is 0 Å². The van der Waals surface area contributed by atoms with Crippen molar-refractivity contribution < 1.29 is 15.3 Å². The van der Waals surface area contributed by atoms with E-state index in [1.54, 1.807) is 12.3 Å². The molecule has 0 saturated heterocycles. The van der Waals surface area contributed by atoms with Gasteiger partial charge in [-0.3, -0.25) is 0 Å². The van der Waals surface area contributed by atoms with Gasteiger partial charge in [0.2, 0.25) is 5.88 Å². The maximum absolute atomic E-state index is 9.95. The molecule has 1 heterocycles. The molecule has 1 atom stereocenters. The van der Waals surface area contributed by atoms with Crippen LogP contribution in [0.2, 0.25) is 0 Å². The fraction of sp³-hybridized carbons (Fsp3) is 0.400. The number of anilines is 1. The summed E-state index contributed by atoms with van der Waals surface area (Å²) in [7, 11) is 0. The number of benzene rings is 1. The van der Waals surface area contributed by atoms with Gasteiger partial charge in [-0.2, -0.15) is 5.26 Å². The van der Waals surface area contributed by atoms with Gasteiger partial charge in [0.25, 0.3) is 0 Å². The Morgan fingerprint density at radius 1 is 1.17 bits per heavy atom. The molecule has 2 aromatic rings. The Balaban J connectivity index is 0. The predicted molar refractivity (Wildman–Crippen MR) is 120 cm³/mol. The molecule has 0 amide bonds. The Labute approximate surface area is 184 Å². The SMILES string of the molecule is CC(C)NCC(O)COc1nccc(NCCc2ccccc2)c1C#N.Cl.Cl.O. The average molecular weight is 445 g/mol. The second kappa shape index (κ2) is 15.8. The fourth-order valence-corrected chi connectivity index (χ4v) is 2.40. The van der Waals surface area contributed by atoms with E-state index in [1.807, 2.05) is 32.0 Å². The van der Waals surface area contributed by atoms with E-state index in [-0.39, 0.29) is 48.8 Å². The molecule has 0 fully saturated rings. The lowest BCUT2D eigenvalue weighted by Crippen LogP contribution is -2.35. The Morgan fingerprint density at radius 3 is 2.48 bits per heavy atom. The fourth-order valence-electron chi connectivity index (χ4n) is 2.40. The molecule has 1 unspecified atom stereocenters. The Morgan fingerprint density at radius 2 is 1.86 bits per heavy atom. The minimum Gasteiger partial charge on any atom is -0.474 e. The molecule has 5 N–H and O–H groups in total. The van der Waals surface area contributed by atoms with Crippen molar-refractivity contribution in [3.63, 3.8) is 0 Å². The van der Waals surface area contributed by atoms with Gasteiger partial charge >= 0.3 is 0 Å². The molecule has 2 rings (SSSR count). The normalized spacial score (nSPS) is 10.6. The number of pyridine rings is 1. The minimum absolute atomic E-state index is 0. The van der Waals surface area contributed by atoms with Gasteiger partial charge in [0.1, 0.15) is 24.3 Å². The van der Waals surface area contributed by atoms with Crippen LogP contribution in [0, 0.1) is 11.3 Å². The van der Waals surface area contributed by atoms with Crippen LogP contribution >= 0.6 is 24.8 Å². The predicted octanol–water partition coefficient (Wildman–Crippen LogP) is 2.36. The molecular weight excluding hydrogens is 415 g/mol. The summed E-state index contributed by atoms with van der Waals surface area (Å²) in [5, 5.41) is 25.8. The summed E-state index contributed by atoms with van der Waals surface area (Å²) < 4.78 is 5.56. The second-order valence-electron chi connectivity index (χ2n) is 6.34. The first kappa shape index (κ1) is 29.1. The monoisotopic (exact) mass is 444 g/mol. The molecule has 0 aliphatic heterocycles. The Bertz CT molecular complexity index is 727. The summed E-state index contributed by atoms with van der Waals surface area (Å²) >= 11 is 0. The highest BCUT2D eigenvalue weighted by Crippen LogP contribution is 2.23. The van der Waals surface area contributed by atoms with Crippen LogP contribution < -0.4 is 15.4 Å². The first-order valence-corrected chi connectivity index (χ1v) is 8.81. The lowest BCUT2D eigenvalue weighted by atomic mass is 10.1. The van der Waals surface area contributed by atoms with E-state index in [0.29, 0.717) is 24.3 Å². The van der Waals surface area contributed by atoms with Gasteiger partial charge in [-0.25, -0.2) is 4.98 Å². The third-order valence-corrected chi connectivity index (χ3v) is 3.77. The van der Waals surface area contributed by atoms with Gasteiger partial charge in [0.05, 0.1) is 5.69 Å². The number of aromatic nitrogens is 1. The molecule has 0 aliphatic carbocycles. The van der Waals surface area contributed by atoms with Gasteiger partial charge in [-0.05, 0) is 18.1 Å². The molecule has 9 heteroatoms. The van der Waals surface area contributed by atoms with Crippen LogP contribution in [-0.2, 0) is 6.42 Å². The molecular formula is C20H30Cl2N4O3. The van der Waals surface area contributed by atoms with Crippen LogP contribution in [0.1, 0.15) is 25.0 Å². The lowest BCUT2D eigenvalue weighted by molar-refractivity contribution is 0.102. The molecule has 7 nitrogen and oxygen atoms in total. The van der Waals surface area contributed by atoms with E-state index in [9.17, 15) is 10.4 Å². The number of aliphatic hydroxyl groups excluding tert-OH is 1. The Kier molecular flexibility index (Phi) is 15.9. The van der Waals surface area contributed by atoms with Crippen LogP contribution in [0.15, 0.2) is 42.6 Å². The van der Waals surface area contributed by atoms with Crippen molar-refractivity contribution in [2.75, 3.05) is 25.0 Å². The quantitative estimate of drug-likeness (QED) is 0.516. The summed E-state index contributed by atoms with van der Waals surface area (Å²) in [4.78, 5) is 4.13. The summed E-state index contributed by atoms with van der Waals surface area (Å²) in [6, 6.07) is 14.3. The van der Waals surface area contributed by atoms with Gasteiger partial charge in [-0.15, -0.1) is 24.8 Å². The summed E-state index contributed by atoms with van der Waals surface area (Å²) in [6.07, 6.45) is 1.78. The maximum atomic E-state index is 9.95. The molecule has 0 radical (unpaired) electrons. The van der Waals surface area contributed by atoms with Crippen LogP contribution in [0.5, 0.6) is 5.88 Å². The second-order valence-corrected chi connectivity index (χ2v) is 6.34. The molecule has 162 valence electrons. The van der Waals surface area contributed by atoms with Gasteiger partial charge in [0, 0.05) is 25.3 Å². The first-order valence-electron chi connectivity index (χ1n) is 8.81. The van der Waals surface area contributed by atoms with E-state index in [2.05, 4.69) is 33.8 Å². The van der Waals surface area contributed by atoms with Gasteiger partial charge in [-0.1, -0.05) is 44.2 Å². The third-order valence-electron chi connectivity index (χ3n) is 3.77. The third kappa shape index (κ3) is 10.3. The largest absolute Gasteiger partial charge is 0.474 e. The number of aliphatic hydroxyl groups is 1. The van der Waals surface area contributed by atoms with E-state index >= 15 is 0 Å². The van der Waals surface area contributed by atoms with E-state index in [0.717, 1.165) is 6.42 Å². The smallest absolute Gasteiger partial charge is 0.233 e. The first-order chi connectivity index (χ1) is 12.6. The van der Waals surface area contributed by atoms with Crippen molar-refractivity contribution in [3.8, 4) is 11.9 Å². The number of nitriles is 1. The highest BCUT2D eigenvalue weighted by molar-refractivity contribution is 5.85. The molecule has 0 bridgehead atoms. The summed E-state index contributed by atoms with van der Waals surface area (Å²) in [6.45, 7) is 5.22. The summed E-state index contributed by atoms with van der Waals surface area (Å²) in [5.74, 6) is 0.237. The number of nitrogens with zero attached hydrogens (tertiary/aromatic N) is 2. The number of halogens is 2. The Hall–Kier alpha value is -2.08. The van der Waals surface area contributed by atoms with E-state index in [4.69, 9.17) is 4.74 Å². The van der Waals surface area contributed by atoms with Crippen molar-refractivity contribution in [1.82, 2.24) is 10.3 Å². The highest BCUT2D eigenvalue weighted by Gasteiger charge is 2.13. The number of rotatable bonds is 10. The van der Waals surface area contributed by atoms with Crippen molar-refractivity contribution in [2.24, 2.45) is 0 Å². The topological polar surface area (TPSA) is 122 Å². The minimum atomic E-state index is -0.666. The molecule has 0 spiro atoms. The average Bonchev–Trinajstić information content (AvgIpc) is 2.65. The zero-order valence-electron chi connectivity index (χ0n) is 16.6. The molecule has 29 heavy (non-hydrogen) atoms. The van der Waals surface area contributed by atoms with Crippen LogP contribution in [0.3, 0.4) is 0 Å². The highest BCUT2D eigenvalue weighted by atomic mass is 35.5. The lowest BCUT2D eigenvalue weighted by Gasteiger charge is -2.16. The molecule has 1 aromatic carbocycles. The maximum Gasteiger partial charge on any atom is 0.233 e. The van der Waals surface area contributed by atoms with Crippen molar-refractivity contribution in [1.29, 1.82) is 5.26 Å². The van der Waals surface area contributed by atoms with Crippen LogP contribution in [-0.4, -0.2) is 47.4 Å². The van der Waals surface area contributed by atoms with Crippen molar-refractivity contribution in [2.45, 2.75) is 32.4 Å². The number of hydrogen-bond acceptors (Lipinski definition) is 6. The van der Waals surface area contributed by atoms with Crippen molar-refractivity contribution >= 4 is 30.5 Å². The number of hydrogen-bond donors (Lipinski definition) is 3. The zero-order valence-corrected chi connectivity index (χ0v) is 18.2. The number of ether oxygens (including phenoxy) is 1. The molecule has 1 aromatic heterocycles. The van der Waals surface area contributed by atoms with E-state index in [1.165, 1.54) is 5.56 Å². The number of nitrogens with one attached hydrogen (secondary N) is 2. The van der Waals surface area contributed by atoms with E-state index < -0.39 is 6.10 Å². The standard InChI is InChI=1S/C20H26N4O2.2ClH.H2O/c1-15(2)24-13-17(25)14-26-20-18(12-21)19(9-11-23-20)22-10-8-16-6-4-3-5-7-16;;;/h3-7,9,11,15,17,24-25H,8,10,13-14H2,1-2H3,(H,22,23);2*1H;1H2. The molecule has 0 aliphatic rings. The van der Waals surface area contributed by atoms with Gasteiger partial charge in [0.15, 0.2) is 0 Å².